The maximum Gasteiger partial charge on any atom is 0.240 e. The van der Waals surface area contributed by atoms with E-state index in [4.69, 9.17) is 10.6 Å². The number of nitrogens with zero attached hydrogens (tertiary/aromatic N) is 4. The normalized spacial score (nSPS) is 10.7. The van der Waals surface area contributed by atoms with Crippen molar-refractivity contribution >= 4 is 5.95 Å². The minimum Gasteiger partial charge on any atom is -0.435 e. The lowest BCUT2D eigenvalue weighted by atomic mass is 10.4. The Morgan fingerprint density at radius 1 is 1.39 bits per heavy atom. The highest BCUT2D eigenvalue weighted by molar-refractivity contribution is 5.34. The molecule has 0 fully saturated rings. The Morgan fingerprint density at radius 3 is 2.78 bits per heavy atom. The second-order valence-corrected chi connectivity index (χ2v) is 4.18. The van der Waals surface area contributed by atoms with Gasteiger partial charge in [-0.05, 0) is 20.8 Å². The number of anilines is 1. The Morgan fingerprint density at radius 2 is 2.17 bits per heavy atom. The number of aryl methyl sites for hydroxylation is 1. The summed E-state index contributed by atoms with van der Waals surface area (Å²) in [5.41, 5.74) is 3.21. The Balaban J connectivity index is 2.22. The largest absolute Gasteiger partial charge is 0.435 e. The average Bonchev–Trinajstić information content (AvgIpc) is 2.81. The zero-order valence-electron chi connectivity index (χ0n) is 10.6. The molecule has 7 heteroatoms. The van der Waals surface area contributed by atoms with Crippen LogP contribution in [0.15, 0.2) is 18.6 Å². The molecule has 0 aliphatic rings. The highest BCUT2D eigenvalue weighted by Gasteiger charge is 2.08. The fourth-order valence-electron chi connectivity index (χ4n) is 1.37. The summed E-state index contributed by atoms with van der Waals surface area (Å²) in [4.78, 5) is 8.12. The molecule has 7 nitrogen and oxygen atoms in total. The highest BCUT2D eigenvalue weighted by atomic mass is 16.5. The van der Waals surface area contributed by atoms with Crippen LogP contribution in [0.5, 0.6) is 11.6 Å². The maximum absolute atomic E-state index is 5.65. The number of hydrazine groups is 1. The minimum absolute atomic E-state index is 0.287. The van der Waals surface area contributed by atoms with Gasteiger partial charge in [0.05, 0.1) is 12.4 Å². The van der Waals surface area contributed by atoms with E-state index in [1.54, 1.807) is 12.4 Å². The van der Waals surface area contributed by atoms with Gasteiger partial charge in [0.25, 0.3) is 0 Å². The molecule has 0 bridgehead atoms. The van der Waals surface area contributed by atoms with Gasteiger partial charge in [-0.1, -0.05) is 0 Å². The predicted molar refractivity (Wildman–Crippen MR) is 67.3 cm³/mol. The Labute approximate surface area is 105 Å². The van der Waals surface area contributed by atoms with Gasteiger partial charge in [0.2, 0.25) is 11.8 Å². The lowest BCUT2D eigenvalue weighted by molar-refractivity contribution is 0.454. The van der Waals surface area contributed by atoms with Gasteiger partial charge in [-0.2, -0.15) is 10.1 Å². The van der Waals surface area contributed by atoms with E-state index in [1.807, 2.05) is 31.6 Å². The average molecular weight is 248 g/mol. The summed E-state index contributed by atoms with van der Waals surface area (Å²) in [5, 5.41) is 4.19. The molecule has 0 spiro atoms. The van der Waals surface area contributed by atoms with Crippen molar-refractivity contribution in [2.45, 2.75) is 26.8 Å². The van der Waals surface area contributed by atoms with Crippen LogP contribution < -0.4 is 16.0 Å². The Kier molecular flexibility index (Phi) is 3.42. The van der Waals surface area contributed by atoms with Crippen molar-refractivity contribution in [3.8, 4) is 11.6 Å². The van der Waals surface area contributed by atoms with Crippen molar-refractivity contribution in [3.05, 3.63) is 24.2 Å². The van der Waals surface area contributed by atoms with Crippen molar-refractivity contribution in [2.24, 2.45) is 5.84 Å². The van der Waals surface area contributed by atoms with Crippen LogP contribution in [0.4, 0.5) is 5.95 Å². The molecule has 0 atom stereocenters. The summed E-state index contributed by atoms with van der Waals surface area (Å²) in [6, 6.07) is 0.287. The minimum atomic E-state index is 0.287. The lowest BCUT2D eigenvalue weighted by Gasteiger charge is -2.07. The molecule has 0 radical (unpaired) electrons. The summed E-state index contributed by atoms with van der Waals surface area (Å²) in [6.07, 6.45) is 5.11. The second-order valence-electron chi connectivity index (χ2n) is 4.18. The molecular formula is C11H16N6O. The number of aromatic nitrogens is 4. The fraction of sp³-hybridized carbons (Fsp3) is 0.364. The first-order chi connectivity index (χ1) is 8.60. The molecule has 0 amide bonds. The van der Waals surface area contributed by atoms with E-state index in [0.29, 0.717) is 17.6 Å². The molecule has 2 rings (SSSR count). The van der Waals surface area contributed by atoms with E-state index < -0.39 is 0 Å². The standard InChI is InChI=1S/C11H16N6O/c1-7(2)17-6-9(5-14-17)18-10-8(3)4-13-11(15-10)16-12/h4-7H,12H2,1-3H3,(H,13,15,16). The van der Waals surface area contributed by atoms with Gasteiger partial charge in [0.15, 0.2) is 5.75 Å². The number of nitrogens with two attached hydrogens (primary N) is 1. The van der Waals surface area contributed by atoms with Crippen LogP contribution in [0.25, 0.3) is 0 Å². The summed E-state index contributed by atoms with van der Waals surface area (Å²) in [6.45, 7) is 5.95. The van der Waals surface area contributed by atoms with E-state index in [2.05, 4.69) is 20.5 Å². The first kappa shape index (κ1) is 12.3. The van der Waals surface area contributed by atoms with E-state index in [9.17, 15) is 0 Å². The maximum atomic E-state index is 5.65. The van der Waals surface area contributed by atoms with Crippen molar-refractivity contribution in [1.82, 2.24) is 19.7 Å². The smallest absolute Gasteiger partial charge is 0.240 e. The molecule has 96 valence electrons. The van der Waals surface area contributed by atoms with Gasteiger partial charge in [0.1, 0.15) is 0 Å². The fourth-order valence-corrected chi connectivity index (χ4v) is 1.37. The highest BCUT2D eigenvalue weighted by Crippen LogP contribution is 2.23. The van der Waals surface area contributed by atoms with Crippen LogP contribution in [-0.2, 0) is 0 Å². The predicted octanol–water partition coefficient (Wildman–Crippen LogP) is 1.64. The summed E-state index contributed by atoms with van der Waals surface area (Å²) in [5.74, 6) is 6.66. The topological polar surface area (TPSA) is 90.9 Å². The van der Waals surface area contributed by atoms with E-state index in [-0.39, 0.29) is 6.04 Å². The molecule has 0 aromatic carbocycles. The lowest BCUT2D eigenvalue weighted by Crippen LogP contribution is -2.10. The van der Waals surface area contributed by atoms with Gasteiger partial charge < -0.3 is 4.74 Å². The number of ether oxygens (including phenoxy) is 1. The molecule has 0 aliphatic heterocycles. The number of nitrogen functional groups attached to an aromatic ring is 1. The Hall–Kier alpha value is -2.15. The molecule has 2 aromatic heterocycles. The van der Waals surface area contributed by atoms with Gasteiger partial charge >= 0.3 is 0 Å². The number of hydrogen-bond donors (Lipinski definition) is 2. The molecule has 2 aromatic rings. The quantitative estimate of drug-likeness (QED) is 0.631. The van der Waals surface area contributed by atoms with Crippen LogP contribution in [0.3, 0.4) is 0 Å². The van der Waals surface area contributed by atoms with E-state index in [1.165, 1.54) is 0 Å². The third kappa shape index (κ3) is 2.57. The third-order valence-corrected chi connectivity index (χ3v) is 2.38. The van der Waals surface area contributed by atoms with Crippen LogP contribution in [0.2, 0.25) is 0 Å². The number of nitrogens with one attached hydrogen (secondary N) is 1. The number of rotatable bonds is 4. The summed E-state index contributed by atoms with van der Waals surface area (Å²) < 4.78 is 7.47. The van der Waals surface area contributed by atoms with Crippen molar-refractivity contribution in [3.63, 3.8) is 0 Å². The molecular weight excluding hydrogens is 232 g/mol. The SMILES string of the molecule is Cc1cnc(NN)nc1Oc1cnn(C(C)C)c1. The summed E-state index contributed by atoms with van der Waals surface area (Å²) in [7, 11) is 0. The van der Waals surface area contributed by atoms with Gasteiger partial charge in [-0.15, -0.1) is 0 Å². The zero-order valence-corrected chi connectivity index (χ0v) is 10.6. The number of hydrogen-bond acceptors (Lipinski definition) is 6. The second kappa shape index (κ2) is 5.01. The van der Waals surface area contributed by atoms with Crippen LogP contribution in [0, 0.1) is 6.92 Å². The first-order valence-corrected chi connectivity index (χ1v) is 5.62. The van der Waals surface area contributed by atoms with Gasteiger partial charge in [0, 0.05) is 17.8 Å². The molecule has 18 heavy (non-hydrogen) atoms. The molecule has 0 unspecified atom stereocenters. The van der Waals surface area contributed by atoms with Gasteiger partial charge in [-0.25, -0.2) is 10.8 Å². The van der Waals surface area contributed by atoms with Crippen molar-refractivity contribution < 1.29 is 4.74 Å². The zero-order chi connectivity index (χ0) is 13.1. The molecule has 2 heterocycles. The van der Waals surface area contributed by atoms with Crippen LogP contribution in [0.1, 0.15) is 25.5 Å². The monoisotopic (exact) mass is 248 g/mol. The molecule has 0 saturated carbocycles. The Bertz CT molecular complexity index is 536. The van der Waals surface area contributed by atoms with Gasteiger partial charge in [-0.3, -0.25) is 10.1 Å². The molecule has 3 N–H and O–H groups in total. The third-order valence-electron chi connectivity index (χ3n) is 2.38. The van der Waals surface area contributed by atoms with Crippen LogP contribution in [-0.4, -0.2) is 19.7 Å². The molecule has 0 saturated heterocycles. The summed E-state index contributed by atoms with van der Waals surface area (Å²) >= 11 is 0. The van der Waals surface area contributed by atoms with Crippen molar-refractivity contribution in [2.75, 3.05) is 5.43 Å². The van der Waals surface area contributed by atoms with E-state index >= 15 is 0 Å². The van der Waals surface area contributed by atoms with Crippen molar-refractivity contribution in [1.29, 1.82) is 0 Å². The van der Waals surface area contributed by atoms with E-state index in [0.717, 1.165) is 5.56 Å². The van der Waals surface area contributed by atoms with Crippen LogP contribution >= 0.6 is 0 Å². The first-order valence-electron chi connectivity index (χ1n) is 5.62. The molecule has 0 aliphatic carbocycles.